The molecule has 0 radical (unpaired) electrons. The fourth-order valence-electron chi connectivity index (χ4n) is 2.99. The first-order chi connectivity index (χ1) is 11.8. The predicted octanol–water partition coefficient (Wildman–Crippen LogP) is 5.41. The molecule has 3 aromatic rings. The van der Waals surface area contributed by atoms with E-state index in [1.807, 2.05) is 76.2 Å². The number of benzene rings is 2. The van der Waals surface area contributed by atoms with Crippen LogP contribution in [0.2, 0.25) is 0 Å². The molecule has 0 aliphatic rings. The molecule has 0 saturated carbocycles. The van der Waals surface area contributed by atoms with E-state index in [0.29, 0.717) is 0 Å². The van der Waals surface area contributed by atoms with Crippen LogP contribution in [-0.2, 0) is 4.74 Å². The molecule has 2 aromatic carbocycles. The first-order valence-electron chi connectivity index (χ1n) is 8.29. The number of carbonyl (C=O) groups excluding carboxylic acids is 1. The molecule has 0 fully saturated rings. The van der Waals surface area contributed by atoms with Crippen LogP contribution >= 0.6 is 0 Å². The Hall–Kier alpha value is -2.75. The Morgan fingerprint density at radius 3 is 2.24 bits per heavy atom. The summed E-state index contributed by atoms with van der Waals surface area (Å²) < 4.78 is 12.6. The summed E-state index contributed by atoms with van der Waals surface area (Å²) >= 11 is 0. The molecular weight excluding hydrogens is 314 g/mol. The molecule has 0 aliphatic heterocycles. The van der Waals surface area contributed by atoms with Crippen molar-refractivity contribution >= 4 is 17.0 Å². The zero-order valence-corrected chi connectivity index (χ0v) is 15.3. The van der Waals surface area contributed by atoms with E-state index in [2.05, 4.69) is 0 Å². The van der Waals surface area contributed by atoms with Crippen LogP contribution in [-0.4, -0.2) is 23.4 Å². The number of fused-ring (bicyclic) bond motifs is 1. The second-order valence-corrected chi connectivity index (χ2v) is 7.04. The normalized spacial score (nSPS) is 11.6. The average molecular weight is 337 g/mol. The van der Waals surface area contributed by atoms with E-state index in [1.54, 1.807) is 11.7 Å². The number of aromatic nitrogens is 1. The number of ether oxygens (including phenoxy) is 2. The minimum atomic E-state index is -0.562. The van der Waals surface area contributed by atoms with E-state index in [-0.39, 0.29) is 6.09 Å². The summed E-state index contributed by atoms with van der Waals surface area (Å²) in [6.07, 6.45) is -0.373. The molecule has 25 heavy (non-hydrogen) atoms. The summed E-state index contributed by atoms with van der Waals surface area (Å²) in [5, 5.41) is 1.04. The van der Waals surface area contributed by atoms with E-state index in [1.165, 1.54) is 0 Å². The third kappa shape index (κ3) is 3.25. The highest BCUT2D eigenvalue weighted by atomic mass is 16.6. The maximum absolute atomic E-state index is 12.9. The Kier molecular flexibility index (Phi) is 4.29. The lowest BCUT2D eigenvalue weighted by atomic mass is 10.1. The van der Waals surface area contributed by atoms with E-state index in [0.717, 1.165) is 33.5 Å². The van der Waals surface area contributed by atoms with Gasteiger partial charge in [0.25, 0.3) is 0 Å². The van der Waals surface area contributed by atoms with Crippen LogP contribution in [0.5, 0.6) is 5.75 Å². The van der Waals surface area contributed by atoms with E-state index in [4.69, 9.17) is 9.47 Å². The van der Waals surface area contributed by atoms with Crippen LogP contribution in [0, 0.1) is 6.92 Å². The minimum absolute atomic E-state index is 0.373. The van der Waals surface area contributed by atoms with Gasteiger partial charge < -0.3 is 9.47 Å². The van der Waals surface area contributed by atoms with Gasteiger partial charge in [-0.1, -0.05) is 18.2 Å². The number of rotatable bonds is 2. The maximum Gasteiger partial charge on any atom is 0.419 e. The van der Waals surface area contributed by atoms with E-state index < -0.39 is 5.60 Å². The second kappa shape index (κ2) is 6.28. The third-order valence-corrected chi connectivity index (χ3v) is 4.07. The standard InChI is InChI=1S/C21H23NO3/c1-14-17-8-6-7-9-18(17)22(20(23)25-21(2,3)4)19(14)15-10-12-16(24-5)13-11-15/h6-13H,1-5H3. The summed E-state index contributed by atoms with van der Waals surface area (Å²) in [6, 6.07) is 15.6. The van der Waals surface area contributed by atoms with E-state index >= 15 is 0 Å². The predicted molar refractivity (Wildman–Crippen MR) is 100 cm³/mol. The Balaban J connectivity index is 2.24. The Labute approximate surface area is 148 Å². The Bertz CT molecular complexity index is 915. The number of aryl methyl sites for hydroxylation is 1. The molecule has 1 aromatic heterocycles. The van der Waals surface area contributed by atoms with Crippen molar-refractivity contribution < 1.29 is 14.3 Å². The van der Waals surface area contributed by atoms with Gasteiger partial charge in [0.15, 0.2) is 0 Å². The van der Waals surface area contributed by atoms with Crippen LogP contribution in [0.15, 0.2) is 48.5 Å². The number of hydrogen-bond donors (Lipinski definition) is 0. The third-order valence-electron chi connectivity index (χ3n) is 4.07. The molecule has 4 heteroatoms. The van der Waals surface area contributed by atoms with Crippen LogP contribution in [0.1, 0.15) is 26.3 Å². The van der Waals surface area contributed by atoms with Gasteiger partial charge in [-0.25, -0.2) is 9.36 Å². The van der Waals surface area contributed by atoms with Crippen LogP contribution in [0.3, 0.4) is 0 Å². The van der Waals surface area contributed by atoms with Gasteiger partial charge in [-0.3, -0.25) is 0 Å². The van der Waals surface area contributed by atoms with Crippen LogP contribution in [0.4, 0.5) is 4.79 Å². The summed E-state index contributed by atoms with van der Waals surface area (Å²) in [5.74, 6) is 0.779. The van der Waals surface area contributed by atoms with Gasteiger partial charge >= 0.3 is 6.09 Å². The molecule has 0 spiro atoms. The summed E-state index contributed by atoms with van der Waals surface area (Å²) in [6.45, 7) is 7.65. The second-order valence-electron chi connectivity index (χ2n) is 7.04. The molecule has 0 aliphatic carbocycles. The largest absolute Gasteiger partial charge is 0.497 e. The van der Waals surface area contributed by atoms with Gasteiger partial charge in [0.2, 0.25) is 0 Å². The number of carbonyl (C=O) groups is 1. The van der Waals surface area contributed by atoms with Crippen molar-refractivity contribution in [2.45, 2.75) is 33.3 Å². The van der Waals surface area contributed by atoms with Crippen molar-refractivity contribution in [1.29, 1.82) is 0 Å². The van der Waals surface area contributed by atoms with Crippen LogP contribution in [0.25, 0.3) is 22.2 Å². The molecule has 1 heterocycles. The fourth-order valence-corrected chi connectivity index (χ4v) is 2.99. The highest BCUT2D eigenvalue weighted by molar-refractivity contribution is 5.99. The molecule has 3 rings (SSSR count). The molecule has 0 unspecified atom stereocenters. The molecule has 0 amide bonds. The van der Waals surface area contributed by atoms with Gasteiger partial charge in [-0.05, 0) is 69.2 Å². The van der Waals surface area contributed by atoms with Crippen molar-refractivity contribution in [3.63, 3.8) is 0 Å². The molecule has 4 nitrogen and oxygen atoms in total. The van der Waals surface area contributed by atoms with Gasteiger partial charge in [-0.2, -0.15) is 0 Å². The summed E-state index contributed by atoms with van der Waals surface area (Å²) in [7, 11) is 1.64. The van der Waals surface area contributed by atoms with Gasteiger partial charge in [-0.15, -0.1) is 0 Å². The molecular formula is C21H23NO3. The molecule has 0 atom stereocenters. The van der Waals surface area contributed by atoms with Crippen molar-refractivity contribution in [2.24, 2.45) is 0 Å². The van der Waals surface area contributed by atoms with Gasteiger partial charge in [0, 0.05) is 5.39 Å². The zero-order chi connectivity index (χ0) is 18.2. The average Bonchev–Trinajstić information content (AvgIpc) is 2.87. The zero-order valence-electron chi connectivity index (χ0n) is 15.3. The number of methoxy groups -OCH3 is 1. The molecule has 0 bridgehead atoms. The topological polar surface area (TPSA) is 40.5 Å². The maximum atomic E-state index is 12.9. The Morgan fingerprint density at radius 2 is 1.64 bits per heavy atom. The molecule has 130 valence electrons. The SMILES string of the molecule is COc1ccc(-c2c(C)c3ccccc3n2C(=O)OC(C)(C)C)cc1. The first-order valence-corrected chi connectivity index (χ1v) is 8.29. The van der Waals surface area contributed by atoms with E-state index in [9.17, 15) is 4.79 Å². The fraction of sp³-hybridized carbons (Fsp3) is 0.286. The molecule has 0 saturated heterocycles. The Morgan fingerprint density at radius 1 is 1.00 bits per heavy atom. The number of hydrogen-bond acceptors (Lipinski definition) is 3. The lowest BCUT2D eigenvalue weighted by molar-refractivity contribution is 0.0547. The first kappa shape index (κ1) is 17.1. The van der Waals surface area contributed by atoms with Crippen molar-refractivity contribution in [2.75, 3.05) is 7.11 Å². The summed E-state index contributed by atoms with van der Waals surface area (Å²) in [4.78, 5) is 12.9. The minimum Gasteiger partial charge on any atom is -0.497 e. The lowest BCUT2D eigenvalue weighted by Crippen LogP contribution is -2.27. The highest BCUT2D eigenvalue weighted by Crippen LogP contribution is 2.34. The van der Waals surface area contributed by atoms with Crippen LogP contribution < -0.4 is 4.74 Å². The summed E-state index contributed by atoms with van der Waals surface area (Å²) in [5.41, 5.74) is 3.12. The number of para-hydroxylation sites is 1. The smallest absolute Gasteiger partial charge is 0.419 e. The van der Waals surface area contributed by atoms with Crippen molar-refractivity contribution in [3.8, 4) is 17.0 Å². The quantitative estimate of drug-likeness (QED) is 0.628. The van der Waals surface area contributed by atoms with Gasteiger partial charge in [0.1, 0.15) is 11.4 Å². The number of nitrogens with zero attached hydrogens (tertiary/aromatic N) is 1. The van der Waals surface area contributed by atoms with Crippen molar-refractivity contribution in [1.82, 2.24) is 4.57 Å². The highest BCUT2D eigenvalue weighted by Gasteiger charge is 2.24. The molecule has 0 N–H and O–H groups in total. The lowest BCUT2D eigenvalue weighted by Gasteiger charge is -2.21. The van der Waals surface area contributed by atoms with Gasteiger partial charge in [0.05, 0.1) is 18.3 Å². The monoisotopic (exact) mass is 337 g/mol. The van der Waals surface area contributed by atoms with Crippen molar-refractivity contribution in [3.05, 3.63) is 54.1 Å².